The van der Waals surface area contributed by atoms with Gasteiger partial charge in [0.1, 0.15) is 40.4 Å². The average Bonchev–Trinajstić information content (AvgIpc) is 3.30. The average molecular weight is 638 g/mol. The zero-order valence-electron chi connectivity index (χ0n) is 22.2. The number of fused-ring (bicyclic) bond motifs is 1. The minimum atomic E-state index is -1.24. The van der Waals surface area contributed by atoms with Gasteiger partial charge in [-0.25, -0.2) is 24.9 Å². The number of aromatic nitrogens is 4. The summed E-state index contributed by atoms with van der Waals surface area (Å²) in [6.07, 6.45) is -3.38. The summed E-state index contributed by atoms with van der Waals surface area (Å²) in [6, 6.07) is 10.3. The Kier molecular flexibility index (Phi) is 8.43. The van der Waals surface area contributed by atoms with Crippen LogP contribution in [-0.4, -0.2) is 67.5 Å². The van der Waals surface area contributed by atoms with Crippen molar-refractivity contribution in [2.45, 2.75) is 70.0 Å². The molecule has 0 spiro atoms. The Morgan fingerprint density at radius 2 is 2.00 bits per heavy atom. The van der Waals surface area contributed by atoms with E-state index in [2.05, 4.69) is 41.8 Å². The first kappa shape index (κ1) is 28.9. The van der Waals surface area contributed by atoms with Crippen LogP contribution in [0.15, 0.2) is 47.2 Å². The van der Waals surface area contributed by atoms with Gasteiger partial charge in [-0.2, -0.15) is 5.10 Å². The van der Waals surface area contributed by atoms with Crippen LogP contribution in [0.3, 0.4) is 0 Å². The molecule has 2 fully saturated rings. The number of ether oxygens (including phenoxy) is 4. The first-order valence-corrected chi connectivity index (χ1v) is 13.8. The first-order chi connectivity index (χ1) is 19.0. The number of pyridine rings is 1. The standard InChI is InChI=1S/C26H30BrClN6O6/c1-13-30-23(34(33-13)15-10-16(28)22(27)29-11-15)21-19(35)18(31-32-25(36)40-26(2,3)4)20-17(38-21)12-37-24(39-20)14-8-6-5-7-9-14/h5-11,17-21,24,31,35H,12H2,1-4H3,(H,32,36)/t17-,18-,19-,20+,21-,24?/m1/s1. The highest BCUT2D eigenvalue weighted by Crippen LogP contribution is 2.39. The van der Waals surface area contributed by atoms with Crippen molar-refractivity contribution >= 4 is 33.6 Å². The van der Waals surface area contributed by atoms with E-state index in [1.54, 1.807) is 40.0 Å². The van der Waals surface area contributed by atoms with Crippen LogP contribution >= 0.6 is 27.5 Å². The maximum Gasteiger partial charge on any atom is 0.422 e. The van der Waals surface area contributed by atoms with Crippen molar-refractivity contribution in [2.24, 2.45) is 0 Å². The number of nitrogens with one attached hydrogen (secondary N) is 2. The maximum absolute atomic E-state index is 12.5. The third kappa shape index (κ3) is 6.30. The van der Waals surface area contributed by atoms with Gasteiger partial charge in [-0.1, -0.05) is 41.9 Å². The topological polar surface area (TPSA) is 142 Å². The number of nitrogens with zero attached hydrogens (tertiary/aromatic N) is 4. The molecule has 3 aromatic rings. The van der Waals surface area contributed by atoms with E-state index in [1.807, 2.05) is 30.3 Å². The number of carbonyl (C=O) groups excluding carboxylic acids is 1. The predicted octanol–water partition coefficient (Wildman–Crippen LogP) is 3.70. The number of hydrogen-bond donors (Lipinski definition) is 3. The van der Waals surface area contributed by atoms with Gasteiger partial charge in [0.2, 0.25) is 0 Å². The number of amides is 1. The van der Waals surface area contributed by atoms with E-state index in [4.69, 9.17) is 30.5 Å². The van der Waals surface area contributed by atoms with Crippen LogP contribution < -0.4 is 10.9 Å². The molecule has 1 unspecified atom stereocenters. The molecule has 0 saturated carbocycles. The van der Waals surface area contributed by atoms with Gasteiger partial charge in [0.15, 0.2) is 12.1 Å². The van der Waals surface area contributed by atoms with E-state index in [-0.39, 0.29) is 6.61 Å². The quantitative estimate of drug-likeness (QED) is 0.280. The van der Waals surface area contributed by atoms with E-state index < -0.39 is 48.4 Å². The van der Waals surface area contributed by atoms with E-state index >= 15 is 0 Å². The minimum Gasteiger partial charge on any atom is -0.443 e. The van der Waals surface area contributed by atoms with Gasteiger partial charge in [0, 0.05) is 5.56 Å². The van der Waals surface area contributed by atoms with Gasteiger partial charge in [-0.05, 0) is 49.7 Å². The summed E-state index contributed by atoms with van der Waals surface area (Å²) >= 11 is 9.58. The molecule has 40 heavy (non-hydrogen) atoms. The van der Waals surface area contributed by atoms with Crippen molar-refractivity contribution in [3.05, 3.63) is 69.4 Å². The van der Waals surface area contributed by atoms with Gasteiger partial charge in [0.05, 0.1) is 29.6 Å². The molecule has 12 nitrogen and oxygen atoms in total. The number of hydrazine groups is 1. The van der Waals surface area contributed by atoms with E-state index in [9.17, 15) is 9.90 Å². The molecule has 3 N–H and O–H groups in total. The third-order valence-electron chi connectivity index (χ3n) is 6.24. The van der Waals surface area contributed by atoms with Crippen molar-refractivity contribution in [2.75, 3.05) is 6.61 Å². The summed E-state index contributed by atoms with van der Waals surface area (Å²) < 4.78 is 26.0. The first-order valence-electron chi connectivity index (χ1n) is 12.6. The lowest BCUT2D eigenvalue weighted by Crippen LogP contribution is -2.66. The van der Waals surface area contributed by atoms with Crippen molar-refractivity contribution in [1.29, 1.82) is 0 Å². The number of benzene rings is 1. The fourth-order valence-electron chi connectivity index (χ4n) is 4.58. The summed E-state index contributed by atoms with van der Waals surface area (Å²) in [5.74, 6) is 0.765. The second-order valence-electron chi connectivity index (χ2n) is 10.5. The summed E-state index contributed by atoms with van der Waals surface area (Å²) in [5.41, 5.74) is 6.08. The van der Waals surface area contributed by atoms with Gasteiger partial charge in [-0.3, -0.25) is 5.43 Å². The molecule has 4 heterocycles. The summed E-state index contributed by atoms with van der Waals surface area (Å²) in [5, 5.41) is 16.5. The predicted molar refractivity (Wildman–Crippen MR) is 147 cm³/mol. The fourth-order valence-corrected chi connectivity index (χ4v) is 4.95. The van der Waals surface area contributed by atoms with Crippen molar-refractivity contribution in [3.63, 3.8) is 0 Å². The highest BCUT2D eigenvalue weighted by Gasteiger charge is 2.51. The molecule has 14 heteroatoms. The van der Waals surface area contributed by atoms with Crippen LogP contribution in [0.1, 0.15) is 50.4 Å². The molecular weight excluding hydrogens is 608 g/mol. The molecule has 2 saturated heterocycles. The third-order valence-corrected chi connectivity index (χ3v) is 7.39. The Morgan fingerprint density at radius 3 is 2.70 bits per heavy atom. The second kappa shape index (κ2) is 11.7. The Morgan fingerprint density at radius 1 is 1.25 bits per heavy atom. The Labute approximate surface area is 244 Å². The number of hydrogen-bond acceptors (Lipinski definition) is 10. The van der Waals surface area contributed by atoms with Crippen LogP contribution in [0, 0.1) is 6.92 Å². The van der Waals surface area contributed by atoms with E-state index in [0.29, 0.717) is 27.0 Å². The Hall–Kier alpha value is -2.65. The molecule has 0 bridgehead atoms. The Balaban J connectivity index is 1.45. The summed E-state index contributed by atoms with van der Waals surface area (Å²) in [7, 11) is 0. The minimum absolute atomic E-state index is 0.164. The molecule has 1 amide bonds. The van der Waals surface area contributed by atoms with Gasteiger partial charge in [0.25, 0.3) is 0 Å². The lowest BCUT2D eigenvalue weighted by molar-refractivity contribution is -0.313. The lowest BCUT2D eigenvalue weighted by Gasteiger charge is -2.48. The monoisotopic (exact) mass is 636 g/mol. The Bertz CT molecular complexity index is 1360. The molecule has 2 aliphatic rings. The second-order valence-corrected chi connectivity index (χ2v) is 11.6. The number of carbonyl (C=O) groups is 1. The number of aliphatic hydroxyl groups excluding tert-OH is 1. The van der Waals surface area contributed by atoms with Crippen LogP contribution in [-0.2, 0) is 18.9 Å². The van der Waals surface area contributed by atoms with Crippen molar-refractivity contribution < 1.29 is 28.8 Å². The molecule has 1 aromatic carbocycles. The van der Waals surface area contributed by atoms with Crippen molar-refractivity contribution in [3.8, 4) is 5.69 Å². The summed E-state index contributed by atoms with van der Waals surface area (Å²) in [6.45, 7) is 7.16. The molecule has 6 atom stereocenters. The smallest absolute Gasteiger partial charge is 0.422 e. The highest BCUT2D eigenvalue weighted by molar-refractivity contribution is 9.10. The SMILES string of the molecule is Cc1nc([C@@H]2O[C@@H]3COC(c4ccccc4)O[C@@H]3[C@H](NNC(=O)OC(C)(C)C)[C@H]2O)n(-c2cnc(Br)c(Cl)c2)n1. The van der Waals surface area contributed by atoms with Gasteiger partial charge < -0.3 is 24.1 Å². The number of rotatable bonds is 5. The molecule has 5 rings (SSSR count). The zero-order chi connectivity index (χ0) is 28.6. The molecular formula is C26H30BrClN6O6. The van der Waals surface area contributed by atoms with Gasteiger partial charge in [-0.15, -0.1) is 0 Å². The van der Waals surface area contributed by atoms with Crippen LogP contribution in [0.25, 0.3) is 5.69 Å². The van der Waals surface area contributed by atoms with E-state index in [1.165, 1.54) is 4.68 Å². The molecule has 2 aliphatic heterocycles. The summed E-state index contributed by atoms with van der Waals surface area (Å²) in [4.78, 5) is 21.3. The number of aryl methyl sites for hydroxylation is 1. The van der Waals surface area contributed by atoms with Crippen LogP contribution in [0.2, 0.25) is 5.02 Å². The molecule has 0 radical (unpaired) electrons. The van der Waals surface area contributed by atoms with Gasteiger partial charge >= 0.3 is 6.09 Å². The van der Waals surface area contributed by atoms with Crippen molar-refractivity contribution in [1.82, 2.24) is 30.6 Å². The largest absolute Gasteiger partial charge is 0.443 e. The normalized spacial score (nSPS) is 26.7. The molecule has 2 aromatic heterocycles. The maximum atomic E-state index is 12.5. The fraction of sp³-hybridized carbons (Fsp3) is 0.462. The number of halogens is 2. The molecule has 214 valence electrons. The van der Waals surface area contributed by atoms with Crippen LogP contribution in [0.5, 0.6) is 0 Å². The van der Waals surface area contributed by atoms with E-state index in [0.717, 1.165) is 5.56 Å². The zero-order valence-corrected chi connectivity index (χ0v) is 24.6. The lowest BCUT2D eigenvalue weighted by atomic mass is 9.91. The van der Waals surface area contributed by atoms with Crippen LogP contribution in [0.4, 0.5) is 4.79 Å². The number of aliphatic hydroxyl groups is 1. The molecule has 0 aliphatic carbocycles. The highest BCUT2D eigenvalue weighted by atomic mass is 79.9.